The molecule has 0 aliphatic heterocycles. The molecule has 0 fully saturated rings. The number of hydrogen-bond acceptors (Lipinski definition) is 3. The lowest BCUT2D eigenvalue weighted by Crippen LogP contribution is -2.00. The fraction of sp³-hybridized carbons (Fsp3) is 0. The zero-order valence-corrected chi connectivity index (χ0v) is 8.09. The van der Waals surface area contributed by atoms with Crippen molar-refractivity contribution in [2.24, 2.45) is 0 Å². The highest BCUT2D eigenvalue weighted by atomic mass is 19.1. The van der Waals surface area contributed by atoms with E-state index in [0.29, 0.717) is 11.1 Å². The molecule has 1 N–H and O–H groups in total. The first-order valence-corrected chi connectivity index (χ1v) is 4.48. The number of carbonyl (C=O) groups is 1. The second-order valence-electron chi connectivity index (χ2n) is 3.13. The van der Waals surface area contributed by atoms with E-state index in [9.17, 15) is 9.18 Å². The third-order valence-electron chi connectivity index (χ3n) is 2.11. The molecule has 0 aliphatic carbocycles. The number of aromatic carboxylic acids is 1. The van der Waals surface area contributed by atoms with Gasteiger partial charge in [-0.2, -0.15) is 10.2 Å². The number of hydrogen-bond donors (Lipinski definition) is 1. The molecule has 0 radical (unpaired) electrons. The van der Waals surface area contributed by atoms with Crippen LogP contribution in [0.15, 0.2) is 36.7 Å². The van der Waals surface area contributed by atoms with Gasteiger partial charge in [0, 0.05) is 5.56 Å². The Balaban J connectivity index is 2.52. The summed E-state index contributed by atoms with van der Waals surface area (Å²) >= 11 is 0. The van der Waals surface area contributed by atoms with Crippen molar-refractivity contribution in [2.45, 2.75) is 0 Å². The predicted octanol–water partition coefficient (Wildman–Crippen LogP) is 1.98. The molecule has 0 unspecified atom stereocenters. The molecule has 0 aliphatic rings. The van der Waals surface area contributed by atoms with Crippen molar-refractivity contribution in [1.82, 2.24) is 10.2 Å². The van der Waals surface area contributed by atoms with Crippen LogP contribution in [0.5, 0.6) is 0 Å². The highest BCUT2D eigenvalue weighted by Crippen LogP contribution is 2.20. The Morgan fingerprint density at radius 2 is 2.00 bits per heavy atom. The number of rotatable bonds is 2. The second kappa shape index (κ2) is 4.06. The summed E-state index contributed by atoms with van der Waals surface area (Å²) in [5.41, 5.74) is 0.931. The standard InChI is InChI=1S/C11H7FN2O2/c12-10-2-1-7(5-9(10)11(15)16)8-3-4-13-14-6-8/h1-6H,(H,15,16). The van der Waals surface area contributed by atoms with Gasteiger partial charge in [-0.3, -0.25) is 0 Å². The molecule has 1 heterocycles. The third-order valence-corrected chi connectivity index (χ3v) is 2.11. The summed E-state index contributed by atoms with van der Waals surface area (Å²) in [6.45, 7) is 0. The number of carboxylic acid groups (broad SMARTS) is 1. The lowest BCUT2D eigenvalue weighted by atomic mass is 10.0. The maximum absolute atomic E-state index is 13.1. The number of nitrogens with zero attached hydrogens (tertiary/aromatic N) is 2. The van der Waals surface area contributed by atoms with Crippen molar-refractivity contribution < 1.29 is 14.3 Å². The molecule has 0 bridgehead atoms. The van der Waals surface area contributed by atoms with Crippen LogP contribution in [0.4, 0.5) is 4.39 Å². The van der Waals surface area contributed by atoms with E-state index >= 15 is 0 Å². The van der Waals surface area contributed by atoms with Crippen LogP contribution >= 0.6 is 0 Å². The van der Waals surface area contributed by atoms with Gasteiger partial charge in [0.05, 0.1) is 18.0 Å². The van der Waals surface area contributed by atoms with Gasteiger partial charge in [0.25, 0.3) is 0 Å². The fourth-order valence-electron chi connectivity index (χ4n) is 1.33. The lowest BCUT2D eigenvalue weighted by molar-refractivity contribution is 0.0692. The topological polar surface area (TPSA) is 63.1 Å². The quantitative estimate of drug-likeness (QED) is 0.837. The minimum absolute atomic E-state index is 0.352. The molecule has 4 nitrogen and oxygen atoms in total. The van der Waals surface area contributed by atoms with E-state index in [0.717, 1.165) is 6.07 Å². The van der Waals surface area contributed by atoms with Crippen molar-refractivity contribution in [1.29, 1.82) is 0 Å². The van der Waals surface area contributed by atoms with E-state index in [1.807, 2.05) is 0 Å². The van der Waals surface area contributed by atoms with Crippen LogP contribution in [0.1, 0.15) is 10.4 Å². The van der Waals surface area contributed by atoms with Crippen LogP contribution in [0, 0.1) is 5.82 Å². The van der Waals surface area contributed by atoms with Gasteiger partial charge in [-0.25, -0.2) is 9.18 Å². The van der Waals surface area contributed by atoms with E-state index in [1.54, 1.807) is 6.07 Å². The first kappa shape index (κ1) is 10.2. The number of carboxylic acids is 1. The smallest absolute Gasteiger partial charge is 0.338 e. The van der Waals surface area contributed by atoms with Gasteiger partial charge in [-0.1, -0.05) is 6.07 Å². The number of aromatic nitrogens is 2. The van der Waals surface area contributed by atoms with Crippen LogP contribution in [0.25, 0.3) is 11.1 Å². The number of halogens is 1. The van der Waals surface area contributed by atoms with Crippen molar-refractivity contribution in [3.05, 3.63) is 48.0 Å². The first-order valence-electron chi connectivity index (χ1n) is 4.48. The van der Waals surface area contributed by atoms with Gasteiger partial charge >= 0.3 is 5.97 Å². The molecule has 1 aromatic heterocycles. The molecule has 80 valence electrons. The largest absolute Gasteiger partial charge is 0.478 e. The lowest BCUT2D eigenvalue weighted by Gasteiger charge is -2.02. The molecule has 0 spiro atoms. The maximum Gasteiger partial charge on any atom is 0.338 e. The summed E-state index contributed by atoms with van der Waals surface area (Å²) < 4.78 is 13.1. The first-order chi connectivity index (χ1) is 7.68. The van der Waals surface area contributed by atoms with E-state index in [1.165, 1.54) is 24.5 Å². The molecule has 2 rings (SSSR count). The maximum atomic E-state index is 13.1. The van der Waals surface area contributed by atoms with Gasteiger partial charge < -0.3 is 5.11 Å². The van der Waals surface area contributed by atoms with Crippen molar-refractivity contribution in [3.8, 4) is 11.1 Å². The molecule has 16 heavy (non-hydrogen) atoms. The van der Waals surface area contributed by atoms with E-state index in [2.05, 4.69) is 10.2 Å². The molecule has 0 atom stereocenters. The Labute approximate surface area is 90.4 Å². The van der Waals surface area contributed by atoms with Crippen LogP contribution < -0.4 is 0 Å². The average Bonchev–Trinajstić information content (AvgIpc) is 2.30. The molecule has 1 aromatic carbocycles. The fourth-order valence-corrected chi connectivity index (χ4v) is 1.33. The van der Waals surface area contributed by atoms with Crippen LogP contribution in [-0.4, -0.2) is 21.3 Å². The van der Waals surface area contributed by atoms with Gasteiger partial charge in [-0.15, -0.1) is 0 Å². The van der Waals surface area contributed by atoms with Crippen molar-refractivity contribution in [3.63, 3.8) is 0 Å². The molecular formula is C11H7FN2O2. The SMILES string of the molecule is O=C(O)c1cc(-c2ccnnc2)ccc1F. The highest BCUT2D eigenvalue weighted by Gasteiger charge is 2.11. The predicted molar refractivity (Wildman–Crippen MR) is 54.4 cm³/mol. The minimum atomic E-state index is -1.29. The Bertz CT molecular complexity index is 529. The van der Waals surface area contributed by atoms with Gasteiger partial charge in [0.2, 0.25) is 0 Å². The highest BCUT2D eigenvalue weighted by molar-refractivity contribution is 5.89. The van der Waals surface area contributed by atoms with Crippen molar-refractivity contribution >= 4 is 5.97 Å². The van der Waals surface area contributed by atoms with E-state index < -0.39 is 11.8 Å². The summed E-state index contributed by atoms with van der Waals surface area (Å²) in [4.78, 5) is 10.7. The molecule has 0 saturated heterocycles. The monoisotopic (exact) mass is 218 g/mol. The van der Waals surface area contributed by atoms with Gasteiger partial charge in [0.1, 0.15) is 5.82 Å². The normalized spacial score (nSPS) is 10.1. The number of benzene rings is 1. The Kier molecular flexibility index (Phi) is 2.59. The van der Waals surface area contributed by atoms with Crippen molar-refractivity contribution in [2.75, 3.05) is 0 Å². The van der Waals surface area contributed by atoms with Crippen LogP contribution in [0.3, 0.4) is 0 Å². The van der Waals surface area contributed by atoms with Gasteiger partial charge in [0.15, 0.2) is 0 Å². The summed E-state index contributed by atoms with van der Waals surface area (Å²) in [5, 5.41) is 16.0. The molecule has 2 aromatic rings. The van der Waals surface area contributed by atoms with E-state index in [-0.39, 0.29) is 5.56 Å². The summed E-state index contributed by atoms with van der Waals surface area (Å²) in [6, 6.07) is 5.57. The Hall–Kier alpha value is -2.30. The van der Waals surface area contributed by atoms with Crippen LogP contribution in [0.2, 0.25) is 0 Å². The van der Waals surface area contributed by atoms with Gasteiger partial charge in [-0.05, 0) is 23.8 Å². The molecule has 5 heteroatoms. The third kappa shape index (κ3) is 1.88. The molecule has 0 amide bonds. The summed E-state index contributed by atoms with van der Waals surface area (Å²) in [6.07, 6.45) is 2.97. The molecule has 0 saturated carbocycles. The van der Waals surface area contributed by atoms with Crippen LogP contribution in [-0.2, 0) is 0 Å². The Morgan fingerprint density at radius 1 is 1.19 bits per heavy atom. The Morgan fingerprint density at radius 3 is 2.62 bits per heavy atom. The minimum Gasteiger partial charge on any atom is -0.478 e. The second-order valence-corrected chi connectivity index (χ2v) is 3.13. The summed E-state index contributed by atoms with van der Waals surface area (Å²) in [7, 11) is 0. The zero-order valence-electron chi connectivity index (χ0n) is 8.09. The van der Waals surface area contributed by atoms with E-state index in [4.69, 9.17) is 5.11 Å². The summed E-state index contributed by atoms with van der Waals surface area (Å²) in [5.74, 6) is -2.04. The molecular weight excluding hydrogens is 211 g/mol. The zero-order chi connectivity index (χ0) is 11.5. The average molecular weight is 218 g/mol.